The quantitative estimate of drug-likeness (QED) is 0.719. The molecular weight excluding hydrogens is 248 g/mol. The van der Waals surface area contributed by atoms with E-state index in [-0.39, 0.29) is 18.2 Å². The van der Waals surface area contributed by atoms with Crippen LogP contribution in [0.15, 0.2) is 31.0 Å². The van der Waals surface area contributed by atoms with Gasteiger partial charge in [0.2, 0.25) is 11.8 Å². The summed E-state index contributed by atoms with van der Waals surface area (Å²) in [6.07, 6.45) is 4.63. The maximum Gasteiger partial charge on any atom is 0.249 e. The van der Waals surface area contributed by atoms with Crippen LogP contribution < -0.4 is 10.6 Å². The summed E-state index contributed by atoms with van der Waals surface area (Å²) in [6, 6.07) is 2.91. The minimum absolute atomic E-state index is 0.116. The molecule has 3 heterocycles. The summed E-state index contributed by atoms with van der Waals surface area (Å²) < 4.78 is 1.48. The number of nitrogens with zero attached hydrogens (tertiary/aromatic N) is 4. The molecule has 2 aromatic rings. The van der Waals surface area contributed by atoms with Gasteiger partial charge in [-0.3, -0.25) is 14.9 Å². The van der Waals surface area contributed by atoms with Crippen molar-refractivity contribution in [1.29, 1.82) is 0 Å². The van der Waals surface area contributed by atoms with Crippen LogP contribution >= 0.6 is 0 Å². The van der Waals surface area contributed by atoms with Crippen LogP contribution in [0.5, 0.6) is 0 Å². The van der Waals surface area contributed by atoms with Gasteiger partial charge in [0.05, 0.1) is 12.1 Å². The minimum Gasteiger partial charge on any atom is -0.370 e. The molecule has 1 fully saturated rings. The van der Waals surface area contributed by atoms with Crippen molar-refractivity contribution < 1.29 is 9.59 Å². The first kappa shape index (κ1) is 11.3. The molecular formula is C11H10N6O2. The number of nitrogens with one attached hydrogen (secondary N) is 2. The van der Waals surface area contributed by atoms with E-state index in [4.69, 9.17) is 0 Å². The highest BCUT2D eigenvalue weighted by Gasteiger charge is 2.30. The molecule has 0 radical (unpaired) electrons. The van der Waals surface area contributed by atoms with Crippen molar-refractivity contribution in [2.75, 3.05) is 5.32 Å². The average Bonchev–Trinajstić information content (AvgIpc) is 3.01. The average molecular weight is 258 g/mol. The van der Waals surface area contributed by atoms with Gasteiger partial charge in [-0.15, -0.1) is 0 Å². The SMILES string of the molecule is O=C1CC(Nc2cccnc2-n2cncn2)C(=O)N1. The van der Waals surface area contributed by atoms with Crippen LogP contribution in [-0.4, -0.2) is 37.6 Å². The number of hydrogen-bond donors (Lipinski definition) is 2. The van der Waals surface area contributed by atoms with E-state index in [1.54, 1.807) is 18.3 Å². The fourth-order valence-corrected chi connectivity index (χ4v) is 1.87. The summed E-state index contributed by atoms with van der Waals surface area (Å²) >= 11 is 0. The highest BCUT2D eigenvalue weighted by molar-refractivity contribution is 6.06. The number of carbonyl (C=O) groups is 2. The predicted molar refractivity (Wildman–Crippen MR) is 64.3 cm³/mol. The molecule has 1 aliphatic heterocycles. The fraction of sp³-hybridized carbons (Fsp3) is 0.182. The van der Waals surface area contributed by atoms with Gasteiger partial charge >= 0.3 is 0 Å². The van der Waals surface area contributed by atoms with E-state index in [1.807, 2.05) is 0 Å². The van der Waals surface area contributed by atoms with E-state index in [2.05, 4.69) is 25.7 Å². The molecule has 1 unspecified atom stereocenters. The summed E-state index contributed by atoms with van der Waals surface area (Å²) in [5, 5.41) is 9.23. The van der Waals surface area contributed by atoms with E-state index in [1.165, 1.54) is 17.3 Å². The number of pyridine rings is 1. The van der Waals surface area contributed by atoms with Crippen LogP contribution in [-0.2, 0) is 9.59 Å². The first-order valence-corrected chi connectivity index (χ1v) is 5.64. The van der Waals surface area contributed by atoms with E-state index in [9.17, 15) is 9.59 Å². The maximum atomic E-state index is 11.5. The standard InChI is InChI=1S/C11H10N6O2/c18-9-4-8(11(19)16-9)15-7-2-1-3-13-10(7)17-6-12-5-14-17/h1-3,5-6,8,15H,4H2,(H,16,18,19). The second-order valence-corrected chi connectivity index (χ2v) is 4.03. The smallest absolute Gasteiger partial charge is 0.249 e. The van der Waals surface area contributed by atoms with Crippen LogP contribution in [0.1, 0.15) is 6.42 Å². The predicted octanol–water partition coefficient (Wildman–Crippen LogP) is -0.511. The molecule has 8 nitrogen and oxygen atoms in total. The molecule has 0 spiro atoms. The third-order valence-corrected chi connectivity index (χ3v) is 2.72. The zero-order chi connectivity index (χ0) is 13.2. The first-order chi connectivity index (χ1) is 9.24. The maximum absolute atomic E-state index is 11.5. The number of aromatic nitrogens is 4. The van der Waals surface area contributed by atoms with Crippen molar-refractivity contribution in [2.24, 2.45) is 0 Å². The topological polar surface area (TPSA) is 102 Å². The van der Waals surface area contributed by atoms with E-state index in [0.29, 0.717) is 11.5 Å². The van der Waals surface area contributed by atoms with Gasteiger partial charge in [0.15, 0.2) is 5.82 Å². The number of anilines is 1. The normalized spacial score (nSPS) is 18.4. The van der Waals surface area contributed by atoms with Crippen molar-refractivity contribution in [2.45, 2.75) is 12.5 Å². The minimum atomic E-state index is -0.584. The molecule has 1 atom stereocenters. The summed E-state index contributed by atoms with van der Waals surface area (Å²) in [4.78, 5) is 30.7. The Morgan fingerprint density at radius 2 is 2.32 bits per heavy atom. The van der Waals surface area contributed by atoms with Gasteiger partial charge in [0, 0.05) is 6.20 Å². The summed E-state index contributed by atoms with van der Waals surface area (Å²) in [7, 11) is 0. The molecule has 8 heteroatoms. The zero-order valence-corrected chi connectivity index (χ0v) is 9.78. The Morgan fingerprint density at radius 3 is 3.00 bits per heavy atom. The summed E-state index contributed by atoms with van der Waals surface area (Å²) in [6.45, 7) is 0. The largest absolute Gasteiger partial charge is 0.370 e. The molecule has 2 N–H and O–H groups in total. The van der Waals surface area contributed by atoms with Crippen LogP contribution in [0.4, 0.5) is 5.69 Å². The number of imide groups is 1. The number of hydrogen-bond acceptors (Lipinski definition) is 6. The molecule has 0 aromatic carbocycles. The Hall–Kier alpha value is -2.77. The molecule has 1 saturated heterocycles. The third kappa shape index (κ3) is 2.15. The van der Waals surface area contributed by atoms with Crippen molar-refractivity contribution in [3.63, 3.8) is 0 Å². The van der Waals surface area contributed by atoms with Crippen molar-refractivity contribution in [3.8, 4) is 5.82 Å². The highest BCUT2D eigenvalue weighted by atomic mass is 16.2. The Bertz CT molecular complexity index is 624. The molecule has 19 heavy (non-hydrogen) atoms. The molecule has 0 aliphatic carbocycles. The van der Waals surface area contributed by atoms with Crippen LogP contribution in [0.3, 0.4) is 0 Å². The number of amides is 2. The van der Waals surface area contributed by atoms with E-state index < -0.39 is 6.04 Å². The Morgan fingerprint density at radius 1 is 1.42 bits per heavy atom. The van der Waals surface area contributed by atoms with E-state index >= 15 is 0 Å². The first-order valence-electron chi connectivity index (χ1n) is 5.64. The Labute approximate surface area is 107 Å². The second-order valence-electron chi connectivity index (χ2n) is 4.03. The zero-order valence-electron chi connectivity index (χ0n) is 9.78. The lowest BCUT2D eigenvalue weighted by Crippen LogP contribution is -2.30. The van der Waals surface area contributed by atoms with Gasteiger partial charge in [0.25, 0.3) is 0 Å². The van der Waals surface area contributed by atoms with Gasteiger partial charge in [-0.25, -0.2) is 14.6 Å². The van der Waals surface area contributed by atoms with Crippen molar-refractivity contribution in [1.82, 2.24) is 25.1 Å². The van der Waals surface area contributed by atoms with Gasteiger partial charge in [-0.1, -0.05) is 0 Å². The van der Waals surface area contributed by atoms with Crippen LogP contribution in [0, 0.1) is 0 Å². The van der Waals surface area contributed by atoms with Gasteiger partial charge in [0.1, 0.15) is 18.7 Å². The Kier molecular flexibility index (Phi) is 2.67. The molecule has 3 rings (SSSR count). The summed E-state index contributed by atoms with van der Waals surface area (Å²) in [5.41, 5.74) is 0.614. The van der Waals surface area contributed by atoms with Crippen LogP contribution in [0.2, 0.25) is 0 Å². The fourth-order valence-electron chi connectivity index (χ4n) is 1.87. The summed E-state index contributed by atoms with van der Waals surface area (Å²) in [5.74, 6) is -0.0979. The molecule has 0 saturated carbocycles. The third-order valence-electron chi connectivity index (χ3n) is 2.72. The Balaban J connectivity index is 1.89. The van der Waals surface area contributed by atoms with Crippen molar-refractivity contribution in [3.05, 3.63) is 31.0 Å². The van der Waals surface area contributed by atoms with Gasteiger partial charge in [-0.2, -0.15) is 5.10 Å². The van der Waals surface area contributed by atoms with Crippen molar-refractivity contribution >= 4 is 17.5 Å². The monoisotopic (exact) mass is 258 g/mol. The second kappa shape index (κ2) is 4.48. The van der Waals surface area contributed by atoms with Crippen LogP contribution in [0.25, 0.3) is 5.82 Å². The van der Waals surface area contributed by atoms with Gasteiger partial charge < -0.3 is 5.32 Å². The highest BCUT2D eigenvalue weighted by Crippen LogP contribution is 2.18. The molecule has 2 aromatic heterocycles. The number of rotatable bonds is 3. The van der Waals surface area contributed by atoms with E-state index in [0.717, 1.165) is 0 Å². The molecule has 0 bridgehead atoms. The molecule has 1 aliphatic rings. The lowest BCUT2D eigenvalue weighted by atomic mass is 10.2. The molecule has 2 amide bonds. The lowest BCUT2D eigenvalue weighted by molar-refractivity contribution is -0.124. The number of carbonyl (C=O) groups excluding carboxylic acids is 2. The lowest BCUT2D eigenvalue weighted by Gasteiger charge is -2.13. The van der Waals surface area contributed by atoms with Gasteiger partial charge in [-0.05, 0) is 12.1 Å². The molecule has 96 valence electrons.